The van der Waals surface area contributed by atoms with Crippen LogP contribution in [0.4, 0.5) is 0 Å². The van der Waals surface area contributed by atoms with Crippen molar-refractivity contribution in [2.24, 2.45) is 10.9 Å². The van der Waals surface area contributed by atoms with E-state index < -0.39 is 0 Å². The van der Waals surface area contributed by atoms with Crippen molar-refractivity contribution in [3.8, 4) is 5.75 Å². The summed E-state index contributed by atoms with van der Waals surface area (Å²) in [5.74, 6) is 0.774. The molecule has 3 N–H and O–H groups in total. The van der Waals surface area contributed by atoms with Gasteiger partial charge in [-0.2, -0.15) is 0 Å². The maximum atomic E-state index is 8.58. The van der Waals surface area contributed by atoms with Gasteiger partial charge in [-0.3, -0.25) is 4.98 Å². The lowest BCUT2D eigenvalue weighted by Gasteiger charge is -2.06. The van der Waals surface area contributed by atoms with E-state index in [1.54, 1.807) is 12.3 Å². The second kappa shape index (κ2) is 5.67. The van der Waals surface area contributed by atoms with Gasteiger partial charge in [0.15, 0.2) is 5.84 Å². The van der Waals surface area contributed by atoms with Gasteiger partial charge in [0.05, 0.1) is 0 Å². The molecule has 0 unspecified atom stereocenters. The van der Waals surface area contributed by atoms with Crippen molar-refractivity contribution < 1.29 is 9.94 Å². The fourth-order valence-corrected chi connectivity index (χ4v) is 1.44. The molecule has 0 aliphatic rings. The smallest absolute Gasteiger partial charge is 0.188 e. The molecule has 0 spiro atoms. The van der Waals surface area contributed by atoms with Crippen LogP contribution < -0.4 is 10.5 Å². The van der Waals surface area contributed by atoms with E-state index in [1.165, 1.54) is 0 Å². The molecule has 0 aliphatic heterocycles. The molecule has 1 aromatic carbocycles. The number of rotatable bonds is 4. The Morgan fingerprint density at radius 1 is 1.28 bits per heavy atom. The highest BCUT2D eigenvalue weighted by Crippen LogP contribution is 2.11. The van der Waals surface area contributed by atoms with Crippen molar-refractivity contribution in [2.45, 2.75) is 6.61 Å². The number of hydrogen-bond acceptors (Lipinski definition) is 4. The topological polar surface area (TPSA) is 80.7 Å². The van der Waals surface area contributed by atoms with E-state index >= 15 is 0 Å². The average molecular weight is 243 g/mol. The number of amidine groups is 1. The fraction of sp³-hybridized carbons (Fsp3) is 0.0769. The van der Waals surface area contributed by atoms with Crippen LogP contribution in [-0.2, 0) is 6.61 Å². The SMILES string of the molecule is NC(=NO)c1cc(COc2ccccc2)ccn1. The summed E-state index contributed by atoms with van der Waals surface area (Å²) in [4.78, 5) is 3.99. The second-order valence-electron chi connectivity index (χ2n) is 3.64. The molecule has 1 aromatic heterocycles. The largest absolute Gasteiger partial charge is 0.489 e. The summed E-state index contributed by atoms with van der Waals surface area (Å²) in [5.41, 5.74) is 6.79. The first-order valence-electron chi connectivity index (χ1n) is 5.40. The minimum atomic E-state index is -0.0171. The number of ether oxygens (including phenoxy) is 1. The van der Waals surface area contributed by atoms with Gasteiger partial charge in [-0.25, -0.2) is 0 Å². The van der Waals surface area contributed by atoms with Gasteiger partial charge in [0.2, 0.25) is 0 Å². The van der Waals surface area contributed by atoms with Gasteiger partial charge in [-0.05, 0) is 29.8 Å². The van der Waals surface area contributed by atoms with Gasteiger partial charge in [-0.1, -0.05) is 23.4 Å². The van der Waals surface area contributed by atoms with Crippen LogP contribution in [0.1, 0.15) is 11.3 Å². The van der Waals surface area contributed by atoms with Crippen LogP contribution in [0, 0.1) is 0 Å². The quantitative estimate of drug-likeness (QED) is 0.371. The molecule has 0 atom stereocenters. The Morgan fingerprint density at radius 3 is 2.78 bits per heavy atom. The number of aromatic nitrogens is 1. The van der Waals surface area contributed by atoms with E-state index in [1.807, 2.05) is 36.4 Å². The van der Waals surface area contributed by atoms with Gasteiger partial charge in [-0.15, -0.1) is 0 Å². The van der Waals surface area contributed by atoms with Crippen molar-refractivity contribution >= 4 is 5.84 Å². The highest BCUT2D eigenvalue weighted by atomic mass is 16.5. The van der Waals surface area contributed by atoms with Crippen LogP contribution in [0.5, 0.6) is 5.75 Å². The van der Waals surface area contributed by atoms with Gasteiger partial charge in [0.1, 0.15) is 18.1 Å². The highest BCUT2D eigenvalue weighted by molar-refractivity contribution is 5.95. The number of hydrogen-bond donors (Lipinski definition) is 2. The number of oxime groups is 1. The molecule has 0 fully saturated rings. The third kappa shape index (κ3) is 2.98. The fourth-order valence-electron chi connectivity index (χ4n) is 1.44. The van der Waals surface area contributed by atoms with Crippen LogP contribution in [-0.4, -0.2) is 16.0 Å². The van der Waals surface area contributed by atoms with Crippen molar-refractivity contribution in [3.63, 3.8) is 0 Å². The van der Waals surface area contributed by atoms with Crippen LogP contribution in [0.3, 0.4) is 0 Å². The maximum absolute atomic E-state index is 8.58. The van der Waals surface area contributed by atoms with E-state index in [0.29, 0.717) is 12.3 Å². The van der Waals surface area contributed by atoms with Crippen molar-refractivity contribution in [1.82, 2.24) is 4.98 Å². The standard InChI is InChI=1S/C13H13N3O2/c14-13(16-17)12-8-10(6-7-15-12)9-18-11-4-2-1-3-5-11/h1-8,17H,9H2,(H2,14,16). The molecular weight excluding hydrogens is 230 g/mol. The lowest BCUT2D eigenvalue weighted by atomic mass is 10.2. The van der Waals surface area contributed by atoms with E-state index in [9.17, 15) is 0 Å². The Bertz CT molecular complexity index is 541. The summed E-state index contributed by atoms with van der Waals surface area (Å²) in [5, 5.41) is 11.5. The van der Waals surface area contributed by atoms with Gasteiger partial charge in [0.25, 0.3) is 0 Å². The summed E-state index contributed by atoms with van der Waals surface area (Å²) in [6, 6.07) is 13.0. The van der Waals surface area contributed by atoms with E-state index in [4.69, 9.17) is 15.7 Å². The zero-order chi connectivity index (χ0) is 12.8. The first-order valence-corrected chi connectivity index (χ1v) is 5.40. The molecule has 2 aromatic rings. The molecule has 5 nitrogen and oxygen atoms in total. The molecular formula is C13H13N3O2. The van der Waals surface area contributed by atoms with Crippen molar-refractivity contribution in [1.29, 1.82) is 0 Å². The van der Waals surface area contributed by atoms with Crippen molar-refractivity contribution in [3.05, 3.63) is 59.9 Å². The Kier molecular flexibility index (Phi) is 3.76. The Morgan fingerprint density at radius 2 is 2.06 bits per heavy atom. The number of benzene rings is 1. The molecule has 2 rings (SSSR count). The van der Waals surface area contributed by atoms with E-state index in [-0.39, 0.29) is 5.84 Å². The van der Waals surface area contributed by atoms with E-state index in [2.05, 4.69) is 10.1 Å². The summed E-state index contributed by atoms with van der Waals surface area (Å²) < 4.78 is 5.59. The molecule has 0 amide bonds. The lowest BCUT2D eigenvalue weighted by molar-refractivity contribution is 0.306. The number of nitrogens with zero attached hydrogens (tertiary/aromatic N) is 2. The first kappa shape index (κ1) is 11.9. The lowest BCUT2D eigenvalue weighted by Crippen LogP contribution is -2.15. The molecule has 0 aliphatic carbocycles. The zero-order valence-electron chi connectivity index (χ0n) is 9.65. The zero-order valence-corrected chi connectivity index (χ0v) is 9.65. The van der Waals surface area contributed by atoms with Crippen LogP contribution in [0.25, 0.3) is 0 Å². The highest BCUT2D eigenvalue weighted by Gasteiger charge is 2.02. The van der Waals surface area contributed by atoms with Crippen LogP contribution in [0.2, 0.25) is 0 Å². The summed E-state index contributed by atoms with van der Waals surface area (Å²) >= 11 is 0. The third-order valence-electron chi connectivity index (χ3n) is 2.34. The molecule has 92 valence electrons. The van der Waals surface area contributed by atoms with Crippen LogP contribution in [0.15, 0.2) is 53.8 Å². The molecule has 5 heteroatoms. The monoisotopic (exact) mass is 243 g/mol. The first-order chi connectivity index (χ1) is 8.79. The molecule has 18 heavy (non-hydrogen) atoms. The molecule has 0 bridgehead atoms. The molecule has 0 saturated heterocycles. The van der Waals surface area contributed by atoms with Gasteiger partial charge >= 0.3 is 0 Å². The maximum Gasteiger partial charge on any atom is 0.188 e. The normalized spacial score (nSPS) is 11.2. The summed E-state index contributed by atoms with van der Waals surface area (Å²) in [6.45, 7) is 0.401. The van der Waals surface area contributed by atoms with Crippen LogP contribution >= 0.6 is 0 Å². The molecule has 0 saturated carbocycles. The number of para-hydroxylation sites is 1. The summed E-state index contributed by atoms with van der Waals surface area (Å²) in [7, 11) is 0. The Hall–Kier alpha value is -2.56. The minimum absolute atomic E-state index is 0.0171. The average Bonchev–Trinajstić information content (AvgIpc) is 2.45. The van der Waals surface area contributed by atoms with Gasteiger partial charge in [0, 0.05) is 6.20 Å². The number of nitrogens with two attached hydrogens (primary N) is 1. The predicted octanol–water partition coefficient (Wildman–Crippen LogP) is 1.76. The Balaban J connectivity index is 2.06. The molecule has 0 radical (unpaired) electrons. The van der Waals surface area contributed by atoms with Gasteiger partial charge < -0.3 is 15.7 Å². The minimum Gasteiger partial charge on any atom is -0.489 e. The van der Waals surface area contributed by atoms with Crippen molar-refractivity contribution in [2.75, 3.05) is 0 Å². The van der Waals surface area contributed by atoms with E-state index in [0.717, 1.165) is 11.3 Å². The number of pyridine rings is 1. The molecule has 1 heterocycles. The second-order valence-corrected chi connectivity index (χ2v) is 3.64. The predicted molar refractivity (Wildman–Crippen MR) is 67.5 cm³/mol. The third-order valence-corrected chi connectivity index (χ3v) is 2.34. The summed E-state index contributed by atoms with van der Waals surface area (Å²) in [6.07, 6.45) is 1.59. The Labute approximate surface area is 105 Å².